The summed E-state index contributed by atoms with van der Waals surface area (Å²) >= 11 is 0. The molecule has 0 spiro atoms. The summed E-state index contributed by atoms with van der Waals surface area (Å²) in [4.78, 5) is 11.1. The first-order valence-electron chi connectivity index (χ1n) is 4.84. The van der Waals surface area contributed by atoms with Gasteiger partial charge in [0.1, 0.15) is 0 Å². The summed E-state index contributed by atoms with van der Waals surface area (Å²) < 4.78 is 0. The van der Waals surface area contributed by atoms with Crippen LogP contribution < -0.4 is 10.6 Å². The number of nitrogens with one attached hydrogen (secondary N) is 2. The molecule has 1 amide bonds. The maximum Gasteiger partial charge on any atom is 0.228 e. The lowest BCUT2D eigenvalue weighted by molar-refractivity contribution is -0.115. The van der Waals surface area contributed by atoms with Gasteiger partial charge < -0.3 is 10.6 Å². The number of hydrogen-bond acceptors (Lipinski definition) is 2. The van der Waals surface area contributed by atoms with Crippen LogP contribution in [0.4, 0.5) is 11.4 Å². The summed E-state index contributed by atoms with van der Waals surface area (Å²) in [7, 11) is 0. The highest BCUT2D eigenvalue weighted by molar-refractivity contribution is 5.99. The average molecular weight is 190 g/mol. The summed E-state index contributed by atoms with van der Waals surface area (Å²) in [5.74, 6) is 0.0849. The van der Waals surface area contributed by atoms with Crippen LogP contribution in [0.15, 0.2) is 18.2 Å². The van der Waals surface area contributed by atoms with Crippen molar-refractivity contribution >= 4 is 17.3 Å². The van der Waals surface area contributed by atoms with Gasteiger partial charge in [-0.3, -0.25) is 4.79 Å². The molecule has 0 aromatic heterocycles. The van der Waals surface area contributed by atoms with Crippen molar-refractivity contribution in [2.24, 2.45) is 0 Å². The molecule has 0 bridgehead atoms. The molecular formula is C11H14N2O. The SMILES string of the molecule is CC(C)Nc1ccc2c(c1)CC(=O)N2. The van der Waals surface area contributed by atoms with Crippen LogP contribution in [0.25, 0.3) is 0 Å². The van der Waals surface area contributed by atoms with Crippen molar-refractivity contribution in [2.75, 3.05) is 10.6 Å². The third-order valence-corrected chi connectivity index (χ3v) is 2.19. The zero-order valence-corrected chi connectivity index (χ0v) is 8.42. The standard InChI is InChI=1S/C11H14N2O/c1-7(2)12-9-3-4-10-8(5-9)6-11(14)13-10/h3-5,7,12H,6H2,1-2H3,(H,13,14). The minimum atomic E-state index is 0.0849. The molecule has 3 heteroatoms. The van der Waals surface area contributed by atoms with Crippen LogP contribution >= 0.6 is 0 Å². The van der Waals surface area contributed by atoms with Crippen LogP contribution in [0.1, 0.15) is 19.4 Å². The van der Waals surface area contributed by atoms with Crippen molar-refractivity contribution in [2.45, 2.75) is 26.3 Å². The van der Waals surface area contributed by atoms with Gasteiger partial charge in [0.25, 0.3) is 0 Å². The second-order valence-electron chi connectivity index (χ2n) is 3.90. The molecule has 0 aliphatic carbocycles. The second kappa shape index (κ2) is 3.33. The van der Waals surface area contributed by atoms with E-state index in [0.717, 1.165) is 16.9 Å². The Hall–Kier alpha value is -1.51. The van der Waals surface area contributed by atoms with Gasteiger partial charge in [0.05, 0.1) is 6.42 Å². The van der Waals surface area contributed by atoms with Gasteiger partial charge in [-0.15, -0.1) is 0 Å². The van der Waals surface area contributed by atoms with Crippen LogP contribution in [0.2, 0.25) is 0 Å². The van der Waals surface area contributed by atoms with E-state index >= 15 is 0 Å². The van der Waals surface area contributed by atoms with Gasteiger partial charge in [0.15, 0.2) is 0 Å². The van der Waals surface area contributed by atoms with Crippen molar-refractivity contribution in [3.8, 4) is 0 Å². The first-order valence-corrected chi connectivity index (χ1v) is 4.84. The number of amides is 1. The van der Waals surface area contributed by atoms with Crippen molar-refractivity contribution < 1.29 is 4.79 Å². The molecule has 1 heterocycles. The Balaban J connectivity index is 2.24. The second-order valence-corrected chi connectivity index (χ2v) is 3.90. The predicted molar refractivity (Wildman–Crippen MR) is 57.5 cm³/mol. The Labute approximate surface area is 83.5 Å². The normalized spacial score (nSPS) is 14.1. The van der Waals surface area contributed by atoms with Gasteiger partial charge >= 0.3 is 0 Å². The van der Waals surface area contributed by atoms with E-state index in [0.29, 0.717) is 12.5 Å². The summed E-state index contributed by atoms with van der Waals surface area (Å²) in [6.45, 7) is 4.19. The Bertz CT molecular complexity index is 372. The number of anilines is 2. The first kappa shape index (κ1) is 9.06. The molecule has 0 radical (unpaired) electrons. The Kier molecular flexibility index (Phi) is 2.15. The smallest absolute Gasteiger partial charge is 0.228 e. The topological polar surface area (TPSA) is 41.1 Å². The van der Waals surface area contributed by atoms with Gasteiger partial charge in [-0.1, -0.05) is 0 Å². The van der Waals surface area contributed by atoms with Crippen LogP contribution in [0, 0.1) is 0 Å². The number of fused-ring (bicyclic) bond motifs is 1. The van der Waals surface area contributed by atoms with E-state index in [1.807, 2.05) is 18.2 Å². The third-order valence-electron chi connectivity index (χ3n) is 2.19. The molecule has 2 N–H and O–H groups in total. The first-order chi connectivity index (χ1) is 6.65. The fraction of sp³-hybridized carbons (Fsp3) is 0.364. The van der Waals surface area contributed by atoms with Crippen molar-refractivity contribution in [3.63, 3.8) is 0 Å². The summed E-state index contributed by atoms with van der Waals surface area (Å²) in [5.41, 5.74) is 3.11. The zero-order valence-electron chi connectivity index (χ0n) is 8.42. The highest BCUT2D eigenvalue weighted by Crippen LogP contribution is 2.26. The molecule has 3 nitrogen and oxygen atoms in total. The van der Waals surface area contributed by atoms with Crippen LogP contribution in [0.5, 0.6) is 0 Å². The summed E-state index contributed by atoms with van der Waals surface area (Å²) in [6.07, 6.45) is 0.503. The van der Waals surface area contributed by atoms with E-state index in [-0.39, 0.29) is 5.91 Å². The highest BCUT2D eigenvalue weighted by Gasteiger charge is 2.17. The Morgan fingerprint density at radius 3 is 2.93 bits per heavy atom. The fourth-order valence-electron chi connectivity index (χ4n) is 1.65. The van der Waals surface area contributed by atoms with Crippen LogP contribution in [-0.2, 0) is 11.2 Å². The number of carbonyl (C=O) groups is 1. The van der Waals surface area contributed by atoms with E-state index in [1.165, 1.54) is 0 Å². The Morgan fingerprint density at radius 1 is 1.43 bits per heavy atom. The van der Waals surface area contributed by atoms with E-state index in [1.54, 1.807) is 0 Å². The van der Waals surface area contributed by atoms with Gasteiger partial charge in [-0.05, 0) is 37.6 Å². The van der Waals surface area contributed by atoms with Gasteiger partial charge in [0, 0.05) is 17.4 Å². The summed E-state index contributed by atoms with van der Waals surface area (Å²) in [6, 6.07) is 6.39. The van der Waals surface area contributed by atoms with Crippen LogP contribution in [0.3, 0.4) is 0 Å². The lowest BCUT2D eigenvalue weighted by atomic mass is 10.1. The highest BCUT2D eigenvalue weighted by atomic mass is 16.1. The number of benzene rings is 1. The molecule has 0 atom stereocenters. The lowest BCUT2D eigenvalue weighted by Gasteiger charge is -2.10. The predicted octanol–water partition coefficient (Wildman–Crippen LogP) is 2.00. The van der Waals surface area contributed by atoms with Gasteiger partial charge in [-0.25, -0.2) is 0 Å². The molecule has 1 aromatic rings. The zero-order chi connectivity index (χ0) is 10.1. The monoisotopic (exact) mass is 190 g/mol. The van der Waals surface area contributed by atoms with E-state index in [9.17, 15) is 4.79 Å². The molecule has 0 saturated heterocycles. The lowest BCUT2D eigenvalue weighted by Crippen LogP contribution is -2.09. The molecule has 0 saturated carbocycles. The van der Waals surface area contributed by atoms with Gasteiger partial charge in [-0.2, -0.15) is 0 Å². The molecular weight excluding hydrogens is 176 g/mol. The number of hydrogen-bond donors (Lipinski definition) is 2. The quantitative estimate of drug-likeness (QED) is 0.749. The molecule has 14 heavy (non-hydrogen) atoms. The largest absolute Gasteiger partial charge is 0.383 e. The van der Waals surface area contributed by atoms with Crippen molar-refractivity contribution in [1.82, 2.24) is 0 Å². The molecule has 1 aromatic carbocycles. The average Bonchev–Trinajstić information content (AvgIpc) is 2.42. The van der Waals surface area contributed by atoms with Crippen LogP contribution in [-0.4, -0.2) is 11.9 Å². The maximum absolute atomic E-state index is 11.1. The van der Waals surface area contributed by atoms with Gasteiger partial charge in [0.2, 0.25) is 5.91 Å². The van der Waals surface area contributed by atoms with E-state index in [2.05, 4.69) is 24.5 Å². The molecule has 1 aliphatic heterocycles. The maximum atomic E-state index is 11.1. The molecule has 1 aliphatic rings. The molecule has 0 fully saturated rings. The molecule has 2 rings (SSSR count). The summed E-state index contributed by atoms with van der Waals surface area (Å²) in [5, 5.41) is 6.12. The van der Waals surface area contributed by atoms with E-state index < -0.39 is 0 Å². The fourth-order valence-corrected chi connectivity index (χ4v) is 1.65. The molecule has 74 valence electrons. The number of carbonyl (C=O) groups excluding carboxylic acids is 1. The minimum Gasteiger partial charge on any atom is -0.383 e. The van der Waals surface area contributed by atoms with Crippen molar-refractivity contribution in [1.29, 1.82) is 0 Å². The van der Waals surface area contributed by atoms with E-state index in [4.69, 9.17) is 0 Å². The molecule has 0 unspecified atom stereocenters. The third kappa shape index (κ3) is 1.71. The van der Waals surface area contributed by atoms with Crippen molar-refractivity contribution in [3.05, 3.63) is 23.8 Å². The Morgan fingerprint density at radius 2 is 2.21 bits per heavy atom. The number of rotatable bonds is 2. The minimum absolute atomic E-state index is 0.0849.